The molecule has 0 N–H and O–H groups in total. The van der Waals surface area contributed by atoms with E-state index in [4.69, 9.17) is 4.74 Å². The van der Waals surface area contributed by atoms with E-state index in [-0.39, 0.29) is 4.90 Å². The van der Waals surface area contributed by atoms with Crippen molar-refractivity contribution < 1.29 is 13.2 Å². The molecule has 0 radical (unpaired) electrons. The van der Waals surface area contributed by atoms with Crippen molar-refractivity contribution in [2.24, 2.45) is 0 Å². The van der Waals surface area contributed by atoms with Gasteiger partial charge in [0.25, 0.3) is 10.0 Å². The minimum Gasteiger partial charge on any atom is -0.495 e. The van der Waals surface area contributed by atoms with Crippen LogP contribution in [0.15, 0.2) is 29.6 Å². The lowest BCUT2D eigenvalue weighted by Crippen LogP contribution is -2.14. The zero-order chi connectivity index (χ0) is 15.0. The van der Waals surface area contributed by atoms with Crippen molar-refractivity contribution in [2.75, 3.05) is 7.11 Å². The third-order valence-electron chi connectivity index (χ3n) is 3.87. The van der Waals surface area contributed by atoms with Crippen molar-refractivity contribution in [1.82, 2.24) is 8.96 Å². The van der Waals surface area contributed by atoms with E-state index in [0.29, 0.717) is 11.4 Å². The summed E-state index contributed by atoms with van der Waals surface area (Å²) in [5, 5.41) is 0. The fourth-order valence-corrected chi connectivity index (χ4v) is 4.12. The Morgan fingerprint density at radius 1 is 1.19 bits per heavy atom. The molecule has 0 aliphatic heterocycles. The molecule has 0 spiro atoms. The predicted molar refractivity (Wildman–Crippen MR) is 79.2 cm³/mol. The Morgan fingerprint density at radius 2 is 1.86 bits per heavy atom. The monoisotopic (exact) mass is 306 g/mol. The molecule has 1 heterocycles. The van der Waals surface area contributed by atoms with Gasteiger partial charge < -0.3 is 4.74 Å². The van der Waals surface area contributed by atoms with Gasteiger partial charge in [0.2, 0.25) is 0 Å². The topological polar surface area (TPSA) is 61.2 Å². The van der Waals surface area contributed by atoms with Crippen molar-refractivity contribution in [3.8, 4) is 5.75 Å². The molecular formula is C15H18N2O3S. The summed E-state index contributed by atoms with van der Waals surface area (Å²) in [6.45, 7) is 1.76. The zero-order valence-electron chi connectivity index (χ0n) is 12.2. The van der Waals surface area contributed by atoms with Crippen LogP contribution in [0.2, 0.25) is 0 Å². The second-order valence-corrected chi connectivity index (χ2v) is 7.14. The first-order valence-electron chi connectivity index (χ1n) is 6.98. The molecule has 0 saturated carbocycles. The Morgan fingerprint density at radius 3 is 2.43 bits per heavy atom. The number of aromatic nitrogens is 2. The highest BCUT2D eigenvalue weighted by atomic mass is 32.2. The fourth-order valence-electron chi connectivity index (χ4n) is 2.75. The molecule has 2 aromatic rings. The Kier molecular flexibility index (Phi) is 3.49. The molecule has 0 fully saturated rings. The van der Waals surface area contributed by atoms with Gasteiger partial charge in [-0.2, -0.15) is 0 Å². The van der Waals surface area contributed by atoms with Gasteiger partial charge in [0.1, 0.15) is 17.0 Å². The van der Waals surface area contributed by atoms with Gasteiger partial charge in [-0.15, -0.1) is 0 Å². The van der Waals surface area contributed by atoms with E-state index >= 15 is 0 Å². The molecule has 1 aromatic heterocycles. The number of hydrogen-bond acceptors (Lipinski definition) is 4. The number of imidazole rings is 1. The van der Waals surface area contributed by atoms with E-state index in [1.165, 1.54) is 25.2 Å². The van der Waals surface area contributed by atoms with Crippen LogP contribution in [0.3, 0.4) is 0 Å². The van der Waals surface area contributed by atoms with Crippen molar-refractivity contribution in [1.29, 1.82) is 0 Å². The molecule has 3 rings (SSSR count). The maximum Gasteiger partial charge on any atom is 0.272 e. The second kappa shape index (κ2) is 5.18. The van der Waals surface area contributed by atoms with Crippen LogP contribution in [0, 0.1) is 6.92 Å². The maximum atomic E-state index is 12.8. The van der Waals surface area contributed by atoms with E-state index in [0.717, 1.165) is 35.2 Å². The predicted octanol–water partition coefficient (Wildman–Crippen LogP) is 2.32. The van der Waals surface area contributed by atoms with Gasteiger partial charge in [-0.3, -0.25) is 0 Å². The van der Waals surface area contributed by atoms with E-state index < -0.39 is 10.0 Å². The quantitative estimate of drug-likeness (QED) is 0.873. The van der Waals surface area contributed by atoms with Crippen LogP contribution in [0.5, 0.6) is 5.75 Å². The average molecular weight is 306 g/mol. The summed E-state index contributed by atoms with van der Waals surface area (Å²) in [6, 6.07) is 3.63. The smallest absolute Gasteiger partial charge is 0.272 e. The molecule has 6 heteroatoms. The lowest BCUT2D eigenvalue weighted by atomic mass is 9.92. The fraction of sp³-hybridized carbons (Fsp3) is 0.400. The molecule has 21 heavy (non-hydrogen) atoms. The lowest BCUT2D eigenvalue weighted by Gasteiger charge is -2.19. The SMILES string of the molecule is COc1cc2c(cc1S(=O)(=O)n1cnc(C)c1)CCCC2. The largest absolute Gasteiger partial charge is 0.495 e. The van der Waals surface area contributed by atoms with Crippen molar-refractivity contribution in [2.45, 2.75) is 37.5 Å². The number of methoxy groups -OCH3 is 1. The number of ether oxygens (including phenoxy) is 1. The molecule has 0 saturated heterocycles. The number of benzene rings is 1. The molecule has 1 aliphatic carbocycles. The molecule has 0 amide bonds. The normalized spacial score (nSPS) is 14.8. The zero-order valence-corrected chi connectivity index (χ0v) is 13.0. The maximum absolute atomic E-state index is 12.8. The number of nitrogens with zero attached hydrogens (tertiary/aromatic N) is 2. The van der Waals surface area contributed by atoms with Gasteiger partial charge in [0, 0.05) is 6.20 Å². The number of rotatable bonds is 3. The summed E-state index contributed by atoms with van der Waals surface area (Å²) in [4.78, 5) is 4.21. The van der Waals surface area contributed by atoms with Crippen molar-refractivity contribution in [3.05, 3.63) is 41.5 Å². The minimum atomic E-state index is -3.67. The van der Waals surface area contributed by atoms with E-state index in [1.54, 1.807) is 13.0 Å². The molecule has 1 aliphatic rings. The van der Waals surface area contributed by atoms with Crippen LogP contribution in [0.4, 0.5) is 0 Å². The Labute approximate surface area is 124 Å². The average Bonchev–Trinajstić information content (AvgIpc) is 2.93. The Hall–Kier alpha value is -1.82. The number of aryl methyl sites for hydroxylation is 3. The van der Waals surface area contributed by atoms with Crippen LogP contribution in [-0.4, -0.2) is 24.5 Å². The second-order valence-electron chi connectivity index (χ2n) is 5.33. The van der Waals surface area contributed by atoms with Crippen LogP contribution < -0.4 is 4.74 Å². The van der Waals surface area contributed by atoms with Gasteiger partial charge in [-0.05, 0) is 55.9 Å². The lowest BCUT2D eigenvalue weighted by molar-refractivity contribution is 0.401. The summed E-state index contributed by atoms with van der Waals surface area (Å²) in [6.07, 6.45) is 6.98. The van der Waals surface area contributed by atoms with Crippen LogP contribution in [0.25, 0.3) is 0 Å². The first-order chi connectivity index (χ1) is 10.0. The highest BCUT2D eigenvalue weighted by Crippen LogP contribution is 2.32. The third-order valence-corrected chi connectivity index (χ3v) is 5.50. The van der Waals surface area contributed by atoms with Crippen LogP contribution in [0.1, 0.15) is 29.7 Å². The molecular weight excluding hydrogens is 288 g/mol. The van der Waals surface area contributed by atoms with Crippen LogP contribution >= 0.6 is 0 Å². The summed E-state index contributed by atoms with van der Waals surface area (Å²) in [7, 11) is -2.16. The Balaban J connectivity index is 2.17. The van der Waals surface area contributed by atoms with E-state index in [9.17, 15) is 8.42 Å². The highest BCUT2D eigenvalue weighted by molar-refractivity contribution is 7.90. The summed E-state index contributed by atoms with van der Waals surface area (Å²) < 4.78 is 32.0. The molecule has 0 atom stereocenters. The van der Waals surface area contributed by atoms with E-state index in [1.807, 2.05) is 6.07 Å². The van der Waals surface area contributed by atoms with Gasteiger partial charge >= 0.3 is 0 Å². The van der Waals surface area contributed by atoms with E-state index in [2.05, 4.69) is 4.98 Å². The van der Waals surface area contributed by atoms with Gasteiger partial charge in [-0.25, -0.2) is 17.4 Å². The standard InChI is InChI=1S/C15H18N2O3S/c1-11-9-17(10-16-11)21(18,19)15-8-13-6-4-3-5-12(13)7-14(15)20-2/h7-10H,3-6H2,1-2H3. The minimum absolute atomic E-state index is 0.211. The van der Waals surface area contributed by atoms with Crippen LogP contribution in [-0.2, 0) is 22.9 Å². The van der Waals surface area contributed by atoms with Crippen molar-refractivity contribution in [3.63, 3.8) is 0 Å². The molecule has 5 nitrogen and oxygen atoms in total. The summed E-state index contributed by atoms with van der Waals surface area (Å²) in [5.74, 6) is 0.405. The first-order valence-corrected chi connectivity index (χ1v) is 8.42. The number of hydrogen-bond donors (Lipinski definition) is 0. The summed E-state index contributed by atoms with van der Waals surface area (Å²) in [5.41, 5.74) is 2.96. The van der Waals surface area contributed by atoms with Gasteiger partial charge in [0.05, 0.1) is 12.8 Å². The van der Waals surface area contributed by atoms with Gasteiger partial charge in [0.15, 0.2) is 0 Å². The molecule has 0 unspecified atom stereocenters. The summed E-state index contributed by atoms with van der Waals surface area (Å²) >= 11 is 0. The third kappa shape index (κ3) is 2.44. The molecule has 0 bridgehead atoms. The molecule has 1 aromatic carbocycles. The Bertz CT molecular complexity index is 778. The highest BCUT2D eigenvalue weighted by Gasteiger charge is 2.24. The van der Waals surface area contributed by atoms with Gasteiger partial charge in [-0.1, -0.05) is 0 Å². The first kappa shape index (κ1) is 14.1. The van der Waals surface area contributed by atoms with Crippen molar-refractivity contribution >= 4 is 10.0 Å². The number of fused-ring (bicyclic) bond motifs is 1. The molecule has 112 valence electrons.